The summed E-state index contributed by atoms with van der Waals surface area (Å²) in [4.78, 5) is 11.7. The monoisotopic (exact) mass is 258 g/mol. The van der Waals surface area contributed by atoms with Crippen molar-refractivity contribution in [2.45, 2.75) is 62.7 Å². The van der Waals surface area contributed by atoms with Crippen LogP contribution in [0.4, 0.5) is 0 Å². The molecule has 2 atom stereocenters. The maximum Gasteiger partial charge on any atom is 0.220 e. The number of amides is 1. The molecule has 0 bridgehead atoms. The van der Waals surface area contributed by atoms with Crippen molar-refractivity contribution in [1.82, 2.24) is 5.32 Å². The number of carbonyl (C=O) groups is 1. The zero-order chi connectivity index (χ0) is 12.5. The molecule has 0 spiro atoms. The summed E-state index contributed by atoms with van der Waals surface area (Å²) < 4.78 is 0. The summed E-state index contributed by atoms with van der Waals surface area (Å²) in [5.41, 5.74) is 5.42. The fourth-order valence-electron chi connectivity index (χ4n) is 2.37. The third-order valence-electron chi connectivity index (χ3n) is 3.44. The fraction of sp³-hybridized carbons (Fsp3) is 0.923. The smallest absolute Gasteiger partial charge is 0.220 e. The molecule has 100 valence electrons. The van der Waals surface area contributed by atoms with Gasteiger partial charge in [-0.3, -0.25) is 4.79 Å². The van der Waals surface area contributed by atoms with E-state index in [-0.39, 0.29) is 5.91 Å². The van der Waals surface area contributed by atoms with Gasteiger partial charge in [0.05, 0.1) is 0 Å². The molecular formula is C13H26N2OS. The number of hydrogen-bond acceptors (Lipinski definition) is 3. The Hall–Kier alpha value is -0.220. The van der Waals surface area contributed by atoms with E-state index in [1.54, 1.807) is 0 Å². The summed E-state index contributed by atoms with van der Waals surface area (Å²) in [6.07, 6.45) is 10.8. The van der Waals surface area contributed by atoms with Crippen molar-refractivity contribution in [1.29, 1.82) is 0 Å². The second-order valence-electron chi connectivity index (χ2n) is 4.89. The molecule has 0 aliphatic heterocycles. The molecule has 0 aromatic heterocycles. The van der Waals surface area contributed by atoms with Crippen LogP contribution in [0.3, 0.4) is 0 Å². The van der Waals surface area contributed by atoms with Crippen LogP contribution in [0, 0.1) is 0 Å². The van der Waals surface area contributed by atoms with Crippen molar-refractivity contribution in [3.63, 3.8) is 0 Å². The van der Waals surface area contributed by atoms with Crippen LogP contribution >= 0.6 is 11.8 Å². The van der Waals surface area contributed by atoms with Gasteiger partial charge < -0.3 is 11.1 Å². The first-order valence-corrected chi connectivity index (χ1v) is 8.07. The average Bonchev–Trinajstić information content (AvgIpc) is 2.76. The van der Waals surface area contributed by atoms with E-state index in [2.05, 4.69) is 11.6 Å². The van der Waals surface area contributed by atoms with Crippen molar-refractivity contribution in [2.75, 3.05) is 12.8 Å². The number of unbranched alkanes of at least 4 members (excludes halogenated alkanes) is 3. The van der Waals surface area contributed by atoms with E-state index in [9.17, 15) is 4.79 Å². The zero-order valence-corrected chi connectivity index (χ0v) is 11.7. The van der Waals surface area contributed by atoms with E-state index < -0.39 is 0 Å². The lowest BCUT2D eigenvalue weighted by Gasteiger charge is -2.12. The summed E-state index contributed by atoms with van der Waals surface area (Å²) in [6.45, 7) is 0.768. The van der Waals surface area contributed by atoms with Crippen LogP contribution in [0.25, 0.3) is 0 Å². The summed E-state index contributed by atoms with van der Waals surface area (Å²) >= 11 is 1.93. The van der Waals surface area contributed by atoms with Crippen LogP contribution < -0.4 is 11.1 Å². The van der Waals surface area contributed by atoms with Gasteiger partial charge in [-0.05, 0) is 44.9 Å². The fourth-order valence-corrected chi connectivity index (χ4v) is 3.17. The Balaban J connectivity index is 2.01. The van der Waals surface area contributed by atoms with Crippen LogP contribution in [0.2, 0.25) is 0 Å². The molecule has 1 aliphatic carbocycles. The van der Waals surface area contributed by atoms with Crippen molar-refractivity contribution in [2.24, 2.45) is 5.73 Å². The molecule has 1 fully saturated rings. The highest BCUT2D eigenvalue weighted by molar-refractivity contribution is 7.99. The lowest BCUT2D eigenvalue weighted by molar-refractivity contribution is -0.121. The molecule has 3 nitrogen and oxygen atoms in total. The van der Waals surface area contributed by atoms with Gasteiger partial charge in [0.1, 0.15) is 0 Å². The maximum absolute atomic E-state index is 11.7. The van der Waals surface area contributed by atoms with Crippen molar-refractivity contribution in [3.8, 4) is 0 Å². The standard InChI is InChI=1S/C13H26N2OS/c1-17-12-8-7-11(10-12)15-13(16)6-4-2-3-5-9-14/h11-12H,2-10,14H2,1H3,(H,15,16). The minimum atomic E-state index is 0.240. The number of rotatable bonds is 8. The second-order valence-corrected chi connectivity index (χ2v) is 6.03. The number of nitrogens with one attached hydrogen (secondary N) is 1. The lowest BCUT2D eigenvalue weighted by Crippen LogP contribution is -2.32. The third-order valence-corrected chi connectivity index (χ3v) is 4.54. The van der Waals surface area contributed by atoms with Gasteiger partial charge in [-0.15, -0.1) is 0 Å². The number of carbonyl (C=O) groups excluding carboxylic acids is 1. The SMILES string of the molecule is CSC1CCC(NC(=O)CCCCCCN)C1. The Morgan fingerprint density at radius 2 is 2.06 bits per heavy atom. The normalized spacial score (nSPS) is 23.9. The van der Waals surface area contributed by atoms with Crippen LogP contribution in [-0.4, -0.2) is 30.0 Å². The zero-order valence-electron chi connectivity index (χ0n) is 10.9. The summed E-state index contributed by atoms with van der Waals surface area (Å²) in [6, 6.07) is 0.434. The van der Waals surface area contributed by atoms with Gasteiger partial charge in [-0.2, -0.15) is 11.8 Å². The molecule has 0 aromatic rings. The Labute approximate surface area is 109 Å². The van der Waals surface area contributed by atoms with Crippen LogP contribution in [0.1, 0.15) is 51.4 Å². The van der Waals surface area contributed by atoms with Crippen molar-refractivity contribution < 1.29 is 4.79 Å². The van der Waals surface area contributed by atoms with E-state index >= 15 is 0 Å². The number of hydrogen-bond donors (Lipinski definition) is 2. The number of nitrogens with two attached hydrogens (primary N) is 1. The molecule has 17 heavy (non-hydrogen) atoms. The van der Waals surface area contributed by atoms with E-state index in [0.717, 1.165) is 50.3 Å². The number of thioether (sulfide) groups is 1. The molecule has 0 aromatic carbocycles. The topological polar surface area (TPSA) is 55.1 Å². The van der Waals surface area contributed by atoms with Crippen LogP contribution in [-0.2, 0) is 4.79 Å². The molecule has 4 heteroatoms. The first kappa shape index (κ1) is 14.8. The molecule has 2 unspecified atom stereocenters. The Morgan fingerprint density at radius 1 is 1.29 bits per heavy atom. The summed E-state index contributed by atoms with van der Waals surface area (Å²) in [5.74, 6) is 0.240. The van der Waals surface area contributed by atoms with Gasteiger partial charge in [0.15, 0.2) is 0 Å². The van der Waals surface area contributed by atoms with Gasteiger partial charge in [-0.25, -0.2) is 0 Å². The molecule has 1 aliphatic rings. The highest BCUT2D eigenvalue weighted by atomic mass is 32.2. The molecule has 1 amide bonds. The van der Waals surface area contributed by atoms with Gasteiger partial charge >= 0.3 is 0 Å². The van der Waals surface area contributed by atoms with Crippen LogP contribution in [0.5, 0.6) is 0 Å². The molecule has 0 saturated heterocycles. The van der Waals surface area contributed by atoms with Gasteiger partial charge in [-0.1, -0.05) is 12.8 Å². The quantitative estimate of drug-likeness (QED) is 0.657. The summed E-state index contributed by atoms with van der Waals surface area (Å²) in [7, 11) is 0. The van der Waals surface area contributed by atoms with Crippen molar-refractivity contribution in [3.05, 3.63) is 0 Å². The van der Waals surface area contributed by atoms with Gasteiger partial charge in [0, 0.05) is 17.7 Å². The van der Waals surface area contributed by atoms with E-state index in [4.69, 9.17) is 5.73 Å². The van der Waals surface area contributed by atoms with Crippen LogP contribution in [0.15, 0.2) is 0 Å². The van der Waals surface area contributed by atoms with E-state index in [1.807, 2.05) is 11.8 Å². The maximum atomic E-state index is 11.7. The molecule has 3 N–H and O–H groups in total. The molecule has 0 heterocycles. The van der Waals surface area contributed by atoms with Gasteiger partial charge in [0.2, 0.25) is 5.91 Å². The molecular weight excluding hydrogens is 232 g/mol. The van der Waals surface area contributed by atoms with E-state index in [1.165, 1.54) is 6.42 Å². The average molecular weight is 258 g/mol. The summed E-state index contributed by atoms with van der Waals surface area (Å²) in [5, 5.41) is 3.91. The predicted molar refractivity (Wildman–Crippen MR) is 75.2 cm³/mol. The largest absolute Gasteiger partial charge is 0.353 e. The second kappa shape index (κ2) is 8.81. The minimum absolute atomic E-state index is 0.240. The third kappa shape index (κ3) is 6.32. The first-order valence-electron chi connectivity index (χ1n) is 6.78. The van der Waals surface area contributed by atoms with Crippen molar-refractivity contribution >= 4 is 17.7 Å². The molecule has 1 rings (SSSR count). The van der Waals surface area contributed by atoms with Gasteiger partial charge in [0.25, 0.3) is 0 Å². The molecule has 0 radical (unpaired) electrons. The highest BCUT2D eigenvalue weighted by Gasteiger charge is 2.24. The Bertz CT molecular complexity index is 223. The lowest BCUT2D eigenvalue weighted by atomic mass is 10.1. The molecule has 1 saturated carbocycles. The first-order chi connectivity index (χ1) is 8.26. The minimum Gasteiger partial charge on any atom is -0.353 e. The Kier molecular flexibility index (Phi) is 7.69. The van der Waals surface area contributed by atoms with E-state index in [0.29, 0.717) is 12.5 Å². The Morgan fingerprint density at radius 3 is 2.71 bits per heavy atom. The highest BCUT2D eigenvalue weighted by Crippen LogP contribution is 2.28. The predicted octanol–water partition coefficient (Wildman–Crippen LogP) is 2.30.